The molecule has 0 bridgehead atoms. The molecule has 7 heteroatoms. The molecular weight excluding hydrogens is 220 g/mol. The molecule has 0 aliphatic heterocycles. The number of benzene rings is 1. The number of nitro benzene ring substituents is 1. The number of fused-ring (bicyclic) bond motifs is 1. The number of alkyl halides is 2. The third-order valence-electron chi connectivity index (χ3n) is 2.40. The van der Waals surface area contributed by atoms with E-state index in [1.54, 1.807) is 0 Å². The fraction of sp³-hybridized carbons (Fsp3) is 0.222. The van der Waals surface area contributed by atoms with Crippen molar-refractivity contribution in [3.63, 3.8) is 0 Å². The van der Waals surface area contributed by atoms with Crippen molar-refractivity contribution < 1.29 is 13.7 Å². The fourth-order valence-corrected chi connectivity index (χ4v) is 1.65. The summed E-state index contributed by atoms with van der Waals surface area (Å²) in [5, 5.41) is 16.7. The summed E-state index contributed by atoms with van der Waals surface area (Å²) in [4.78, 5) is 10.1. The van der Waals surface area contributed by atoms with Crippen molar-refractivity contribution in [2.24, 2.45) is 0 Å². The van der Waals surface area contributed by atoms with Crippen LogP contribution in [0.15, 0.2) is 12.1 Å². The molecule has 1 heterocycles. The minimum absolute atomic E-state index is 0.129. The van der Waals surface area contributed by atoms with E-state index in [2.05, 4.69) is 10.2 Å². The van der Waals surface area contributed by atoms with Crippen molar-refractivity contribution in [1.29, 1.82) is 0 Å². The van der Waals surface area contributed by atoms with Crippen molar-refractivity contribution in [1.82, 2.24) is 10.2 Å². The normalized spacial score (nSPS) is 11.2. The first kappa shape index (κ1) is 10.5. The van der Waals surface area contributed by atoms with Crippen LogP contribution in [0.1, 0.15) is 17.7 Å². The Morgan fingerprint density at radius 3 is 2.75 bits per heavy atom. The van der Waals surface area contributed by atoms with E-state index in [-0.39, 0.29) is 22.3 Å². The molecule has 2 aromatic rings. The average Bonchev–Trinajstić information content (AvgIpc) is 2.61. The Bertz CT molecular complexity index is 565. The number of H-pyrrole nitrogens is 1. The Hall–Kier alpha value is -2.05. The Balaban J connectivity index is 2.80. The van der Waals surface area contributed by atoms with Crippen molar-refractivity contribution in [3.8, 4) is 0 Å². The number of nitro groups is 1. The molecule has 84 valence electrons. The predicted octanol–water partition coefficient (Wildman–Crippen LogP) is 2.72. The standard InChI is InChI=1S/C9H7F2N3O2/c1-4-6(14(15)16)3-2-5-7(4)8(9(10)11)13-12-5/h2-3,9H,1H3,(H,12,13). The van der Waals surface area contributed by atoms with Crippen molar-refractivity contribution >= 4 is 16.6 Å². The van der Waals surface area contributed by atoms with Gasteiger partial charge in [-0.1, -0.05) is 0 Å². The molecule has 0 amide bonds. The molecule has 0 aliphatic rings. The molecule has 0 atom stereocenters. The van der Waals surface area contributed by atoms with Crippen LogP contribution in [-0.2, 0) is 0 Å². The molecule has 16 heavy (non-hydrogen) atoms. The number of hydrogen-bond donors (Lipinski definition) is 1. The third kappa shape index (κ3) is 1.40. The predicted molar refractivity (Wildman–Crippen MR) is 52.4 cm³/mol. The van der Waals surface area contributed by atoms with Gasteiger partial charge in [0.05, 0.1) is 10.4 Å². The van der Waals surface area contributed by atoms with Crippen LogP contribution in [0.2, 0.25) is 0 Å². The fourth-order valence-electron chi connectivity index (χ4n) is 1.65. The third-order valence-corrected chi connectivity index (χ3v) is 2.40. The summed E-state index contributed by atoms with van der Waals surface area (Å²) in [6.45, 7) is 1.43. The van der Waals surface area contributed by atoms with Gasteiger partial charge in [0.2, 0.25) is 0 Å². The molecular formula is C9H7F2N3O2. The minimum atomic E-state index is -2.73. The molecule has 0 aliphatic carbocycles. The van der Waals surface area contributed by atoms with Gasteiger partial charge in [-0.3, -0.25) is 15.2 Å². The van der Waals surface area contributed by atoms with Gasteiger partial charge in [0.25, 0.3) is 12.1 Å². The van der Waals surface area contributed by atoms with E-state index in [0.29, 0.717) is 5.52 Å². The Labute approximate surface area is 88.2 Å². The lowest BCUT2D eigenvalue weighted by atomic mass is 10.1. The van der Waals surface area contributed by atoms with Crippen LogP contribution in [0.3, 0.4) is 0 Å². The summed E-state index contributed by atoms with van der Waals surface area (Å²) in [5.74, 6) is 0. The SMILES string of the molecule is Cc1c([N+](=O)[O-])ccc2n[nH]c(C(F)F)c12. The number of aryl methyl sites for hydroxylation is 1. The van der Waals surface area contributed by atoms with Crippen LogP contribution in [0.25, 0.3) is 10.9 Å². The number of halogens is 2. The van der Waals surface area contributed by atoms with Crippen LogP contribution < -0.4 is 0 Å². The van der Waals surface area contributed by atoms with Gasteiger partial charge in [0.1, 0.15) is 5.69 Å². The zero-order valence-electron chi connectivity index (χ0n) is 8.20. The molecule has 5 nitrogen and oxygen atoms in total. The van der Waals surface area contributed by atoms with Gasteiger partial charge < -0.3 is 0 Å². The molecule has 0 saturated heterocycles. The van der Waals surface area contributed by atoms with Crippen molar-refractivity contribution in [2.75, 3.05) is 0 Å². The monoisotopic (exact) mass is 227 g/mol. The van der Waals surface area contributed by atoms with Gasteiger partial charge in [-0.15, -0.1) is 0 Å². The second-order valence-electron chi connectivity index (χ2n) is 3.30. The second kappa shape index (κ2) is 3.51. The molecule has 1 N–H and O–H groups in total. The van der Waals surface area contributed by atoms with Gasteiger partial charge in [-0.05, 0) is 13.0 Å². The largest absolute Gasteiger partial charge is 0.280 e. The zero-order chi connectivity index (χ0) is 11.9. The average molecular weight is 227 g/mol. The second-order valence-corrected chi connectivity index (χ2v) is 3.30. The van der Waals surface area contributed by atoms with Crippen LogP contribution in [0.5, 0.6) is 0 Å². The van der Waals surface area contributed by atoms with Crippen LogP contribution in [-0.4, -0.2) is 15.1 Å². The van der Waals surface area contributed by atoms with E-state index in [1.807, 2.05) is 0 Å². The minimum Gasteiger partial charge on any atom is -0.275 e. The van der Waals surface area contributed by atoms with Crippen LogP contribution in [0, 0.1) is 17.0 Å². The first-order chi connectivity index (χ1) is 7.52. The van der Waals surface area contributed by atoms with Crippen LogP contribution in [0.4, 0.5) is 14.5 Å². The van der Waals surface area contributed by atoms with E-state index in [0.717, 1.165) is 0 Å². The zero-order valence-corrected chi connectivity index (χ0v) is 8.20. The lowest BCUT2D eigenvalue weighted by Gasteiger charge is -2.00. The van der Waals surface area contributed by atoms with Crippen molar-refractivity contribution in [2.45, 2.75) is 13.3 Å². The van der Waals surface area contributed by atoms with Gasteiger partial charge in [0, 0.05) is 17.0 Å². The Morgan fingerprint density at radius 1 is 1.50 bits per heavy atom. The lowest BCUT2D eigenvalue weighted by molar-refractivity contribution is -0.385. The summed E-state index contributed by atoms with van der Waals surface area (Å²) < 4.78 is 25.2. The molecule has 0 radical (unpaired) electrons. The van der Waals surface area contributed by atoms with E-state index in [9.17, 15) is 18.9 Å². The highest BCUT2D eigenvalue weighted by molar-refractivity contribution is 5.88. The number of hydrogen-bond acceptors (Lipinski definition) is 3. The Morgan fingerprint density at radius 2 is 2.19 bits per heavy atom. The van der Waals surface area contributed by atoms with E-state index in [1.165, 1.54) is 19.1 Å². The Kier molecular flexibility index (Phi) is 2.30. The number of aromatic nitrogens is 2. The summed E-state index contributed by atoms with van der Waals surface area (Å²) in [6.07, 6.45) is -2.73. The lowest BCUT2D eigenvalue weighted by Crippen LogP contribution is -1.93. The molecule has 0 unspecified atom stereocenters. The number of aromatic amines is 1. The number of nitrogens with one attached hydrogen (secondary N) is 1. The van der Waals surface area contributed by atoms with Gasteiger partial charge in [-0.25, -0.2) is 8.78 Å². The summed E-state index contributed by atoms with van der Waals surface area (Å²) in [7, 11) is 0. The highest BCUT2D eigenvalue weighted by Crippen LogP contribution is 2.32. The van der Waals surface area contributed by atoms with Crippen molar-refractivity contribution in [3.05, 3.63) is 33.5 Å². The van der Waals surface area contributed by atoms with E-state index >= 15 is 0 Å². The van der Waals surface area contributed by atoms with Gasteiger partial charge in [-0.2, -0.15) is 5.10 Å². The summed E-state index contributed by atoms with van der Waals surface area (Å²) >= 11 is 0. The molecule has 0 saturated carbocycles. The van der Waals surface area contributed by atoms with E-state index in [4.69, 9.17) is 0 Å². The molecule has 0 spiro atoms. The first-order valence-corrected chi connectivity index (χ1v) is 4.42. The van der Waals surface area contributed by atoms with Gasteiger partial charge >= 0.3 is 0 Å². The maximum Gasteiger partial charge on any atom is 0.280 e. The van der Waals surface area contributed by atoms with E-state index < -0.39 is 11.3 Å². The topological polar surface area (TPSA) is 71.8 Å². The number of nitrogens with zero attached hydrogens (tertiary/aromatic N) is 2. The van der Waals surface area contributed by atoms with Gasteiger partial charge in [0.15, 0.2) is 0 Å². The summed E-state index contributed by atoms with van der Waals surface area (Å²) in [5.41, 5.74) is -0.0584. The maximum atomic E-state index is 12.6. The smallest absolute Gasteiger partial charge is 0.275 e. The molecule has 1 aromatic carbocycles. The quantitative estimate of drug-likeness (QED) is 0.633. The molecule has 2 rings (SSSR count). The van der Waals surface area contributed by atoms with Crippen LogP contribution >= 0.6 is 0 Å². The number of rotatable bonds is 2. The highest BCUT2D eigenvalue weighted by Gasteiger charge is 2.21. The molecule has 0 fully saturated rings. The first-order valence-electron chi connectivity index (χ1n) is 4.42. The maximum absolute atomic E-state index is 12.6. The highest BCUT2D eigenvalue weighted by atomic mass is 19.3. The summed E-state index contributed by atoms with van der Waals surface area (Å²) in [6, 6.07) is 2.61. The molecule has 1 aromatic heterocycles.